The largest absolute Gasteiger partial charge is 0.473 e. The number of nitrogens with one attached hydrogen (secondary N) is 2. The highest BCUT2D eigenvalue weighted by molar-refractivity contribution is 6.30. The summed E-state index contributed by atoms with van der Waals surface area (Å²) < 4.78 is 28.4. The van der Waals surface area contributed by atoms with Crippen molar-refractivity contribution in [3.05, 3.63) is 118 Å². The van der Waals surface area contributed by atoms with E-state index < -0.39 is 5.82 Å². The van der Waals surface area contributed by atoms with Crippen LogP contribution in [0.2, 0.25) is 5.02 Å². The predicted octanol–water partition coefficient (Wildman–Crippen LogP) is 6.83. The van der Waals surface area contributed by atoms with Gasteiger partial charge in [0.25, 0.3) is 5.91 Å². The lowest BCUT2D eigenvalue weighted by Crippen LogP contribution is -2.48. The molecule has 1 atom stereocenters. The number of pyridine rings is 1. The van der Waals surface area contributed by atoms with Crippen molar-refractivity contribution in [2.45, 2.75) is 57.5 Å². The van der Waals surface area contributed by atoms with Gasteiger partial charge in [0.05, 0.1) is 39.7 Å². The van der Waals surface area contributed by atoms with E-state index in [9.17, 15) is 9.18 Å². The van der Waals surface area contributed by atoms with E-state index in [1.165, 1.54) is 6.07 Å². The minimum atomic E-state index is -0.403. The van der Waals surface area contributed by atoms with E-state index in [2.05, 4.69) is 44.9 Å². The number of rotatable bonds is 11. The number of H-pyrrole nitrogens is 1. The molecule has 2 aliphatic heterocycles. The maximum absolute atomic E-state index is 14.3. The minimum absolute atomic E-state index is 0.0630. The Kier molecular flexibility index (Phi) is 9.62. The van der Waals surface area contributed by atoms with E-state index in [0.717, 1.165) is 99.7 Å². The van der Waals surface area contributed by atoms with Crippen molar-refractivity contribution in [3.8, 4) is 5.88 Å². The van der Waals surface area contributed by atoms with Crippen LogP contribution in [0.25, 0.3) is 27.5 Å². The molecule has 0 aliphatic carbocycles. The molecule has 0 saturated carbocycles. The number of aromatic amines is 1. The highest BCUT2D eigenvalue weighted by atomic mass is 35.5. The normalized spacial score (nSPS) is 17.7. The minimum Gasteiger partial charge on any atom is -0.473 e. The van der Waals surface area contributed by atoms with E-state index in [1.54, 1.807) is 18.2 Å². The molecule has 1 unspecified atom stereocenters. The van der Waals surface area contributed by atoms with Crippen molar-refractivity contribution < 1.29 is 18.7 Å². The second-order valence-electron chi connectivity index (χ2n) is 14.4. The van der Waals surface area contributed by atoms with Crippen LogP contribution in [0.5, 0.6) is 5.88 Å². The molecule has 10 nitrogen and oxygen atoms in total. The number of fused-ring (bicyclic) bond motifs is 2. The van der Waals surface area contributed by atoms with E-state index in [0.29, 0.717) is 28.6 Å². The first-order chi connectivity index (χ1) is 25.6. The van der Waals surface area contributed by atoms with Gasteiger partial charge in [-0.3, -0.25) is 14.8 Å². The zero-order chi connectivity index (χ0) is 36.7. The number of aromatic nitrogens is 5. The zero-order valence-electron chi connectivity index (χ0n) is 30.0. The van der Waals surface area contributed by atoms with Crippen LogP contribution in [-0.2, 0) is 24.4 Å². The lowest BCUT2D eigenvalue weighted by atomic mass is 10.0. The molecule has 1 amide bonds. The molecule has 3 aromatic carbocycles. The van der Waals surface area contributed by atoms with E-state index in [-0.39, 0.29) is 23.7 Å². The predicted molar refractivity (Wildman–Crippen MR) is 209 cm³/mol. The van der Waals surface area contributed by atoms with Crippen molar-refractivity contribution in [1.82, 2.24) is 29.6 Å². The summed E-state index contributed by atoms with van der Waals surface area (Å²) in [6, 6.07) is 21.8. The van der Waals surface area contributed by atoms with Crippen LogP contribution in [0.4, 0.5) is 10.1 Å². The zero-order valence-corrected chi connectivity index (χ0v) is 32.7. The van der Waals surface area contributed by atoms with Gasteiger partial charge in [0, 0.05) is 69.8 Å². The van der Waals surface area contributed by atoms with Gasteiger partial charge >= 0.3 is 0 Å². The number of ether oxygens (including phenoxy) is 2. The van der Waals surface area contributed by atoms with Crippen LogP contribution < -0.4 is 10.1 Å². The maximum atomic E-state index is 14.3. The van der Waals surface area contributed by atoms with Crippen molar-refractivity contribution in [2.75, 3.05) is 25.0 Å². The second kappa shape index (κ2) is 14.5. The first-order valence-corrected chi connectivity index (χ1v) is 19.4. The number of carbonyl (C=O) groups excluding carboxylic acids is 1. The van der Waals surface area contributed by atoms with Gasteiger partial charge in [-0.2, -0.15) is 5.10 Å². The number of imidazole rings is 1. The average molecular weight is 750 g/mol. The lowest BCUT2D eigenvalue weighted by Gasteiger charge is -2.39. The molecule has 0 spiro atoms. The summed E-state index contributed by atoms with van der Waals surface area (Å²) in [6.07, 6.45) is 4.06. The second-order valence-corrected chi connectivity index (χ2v) is 16.7. The van der Waals surface area contributed by atoms with Crippen molar-refractivity contribution in [2.24, 2.45) is 0 Å². The molecule has 272 valence electrons. The van der Waals surface area contributed by atoms with Gasteiger partial charge in [-0.05, 0) is 78.9 Å². The van der Waals surface area contributed by atoms with Crippen LogP contribution >= 0.6 is 11.6 Å². The Morgan fingerprint density at radius 2 is 2.00 bits per heavy atom. The molecular formula is C40H41ClFN7O3Si. The molecule has 0 bridgehead atoms. The Balaban J connectivity index is 0.980. The number of halogens is 2. The van der Waals surface area contributed by atoms with Crippen LogP contribution in [0.1, 0.15) is 65.7 Å². The van der Waals surface area contributed by atoms with E-state index >= 15 is 0 Å². The fraction of sp³-hybridized carbons (Fsp3) is 0.300. The highest BCUT2D eigenvalue weighted by Crippen LogP contribution is 2.31. The summed E-state index contributed by atoms with van der Waals surface area (Å²) in [7, 11) is 0.911. The summed E-state index contributed by atoms with van der Waals surface area (Å²) in [5, 5.41) is 11.8. The highest BCUT2D eigenvalue weighted by Gasteiger charge is 2.35. The summed E-state index contributed by atoms with van der Waals surface area (Å²) in [5.41, 5.74) is 7.38. The SMILES string of the molecule is CC(C)c1n[nH]c2ccc(NC(=O)c3ccc4c(c3)nc(CN3CC=C(c5cccc(OCc6ccc(Cl)cc6F)n5)CC3)n4CC3([SiH3])CCO3)cc12. The molecule has 8 rings (SSSR count). The number of hydrogen-bond donors (Lipinski definition) is 2. The molecule has 1 saturated heterocycles. The Morgan fingerprint density at radius 3 is 2.75 bits per heavy atom. The molecule has 1 fully saturated rings. The van der Waals surface area contributed by atoms with Crippen LogP contribution in [-0.4, -0.2) is 70.7 Å². The van der Waals surface area contributed by atoms with Crippen LogP contribution in [0, 0.1) is 5.82 Å². The standard InChI is InChI=1S/C40H41ClFN7O3Si/c1-24(2)38-30-20-29(9-10-33(30)46-47-38)43-39(50)26-7-11-35-34(18-26)44-36(49(35)23-40(53)14-17-52-40)21-48-15-12-25(13-16-48)32-4-3-5-37(45-32)51-22-27-6-8-28(41)19-31(27)42/h3-12,18-20,24H,13-17,21-23H2,1-2,53H3,(H,43,50)(H,46,47). The molecule has 13 heteroatoms. The van der Waals surface area contributed by atoms with Gasteiger partial charge in [-0.25, -0.2) is 14.4 Å². The van der Waals surface area contributed by atoms with Crippen molar-refractivity contribution >= 4 is 60.9 Å². The van der Waals surface area contributed by atoms with Gasteiger partial charge in [0.15, 0.2) is 0 Å². The topological polar surface area (TPSA) is 110 Å². The Labute approximate surface area is 314 Å². The third-order valence-corrected chi connectivity index (χ3v) is 11.5. The smallest absolute Gasteiger partial charge is 0.255 e. The summed E-state index contributed by atoms with van der Waals surface area (Å²) in [4.78, 5) is 25.7. The summed E-state index contributed by atoms with van der Waals surface area (Å²) >= 11 is 5.89. The number of amides is 1. The molecule has 6 aromatic rings. The van der Waals surface area contributed by atoms with Gasteiger partial charge < -0.3 is 19.4 Å². The van der Waals surface area contributed by atoms with Crippen molar-refractivity contribution in [1.29, 1.82) is 0 Å². The molecule has 5 heterocycles. The molecule has 53 heavy (non-hydrogen) atoms. The molecule has 2 aliphatic rings. The van der Waals surface area contributed by atoms with E-state index in [4.69, 9.17) is 31.0 Å². The van der Waals surface area contributed by atoms with Crippen LogP contribution in [0.3, 0.4) is 0 Å². The molecule has 2 N–H and O–H groups in total. The van der Waals surface area contributed by atoms with Crippen LogP contribution in [0.15, 0.2) is 78.9 Å². The maximum Gasteiger partial charge on any atom is 0.255 e. The average Bonchev–Trinajstić information content (AvgIpc) is 3.71. The number of carbonyl (C=O) groups is 1. The fourth-order valence-corrected chi connectivity index (χ4v) is 7.92. The number of nitrogens with zero attached hydrogens (tertiary/aromatic N) is 5. The number of benzene rings is 3. The monoisotopic (exact) mass is 749 g/mol. The third kappa shape index (κ3) is 7.50. The molecule has 0 radical (unpaired) electrons. The number of hydrogen-bond acceptors (Lipinski definition) is 7. The number of anilines is 1. The van der Waals surface area contributed by atoms with Gasteiger partial charge in [-0.15, -0.1) is 0 Å². The lowest BCUT2D eigenvalue weighted by molar-refractivity contribution is -0.0947. The summed E-state index contributed by atoms with van der Waals surface area (Å²) in [6.45, 7) is 8.02. The third-order valence-electron chi connectivity index (χ3n) is 10.2. The van der Waals surface area contributed by atoms with Crippen molar-refractivity contribution in [3.63, 3.8) is 0 Å². The quantitative estimate of drug-likeness (QED) is 0.140. The molecule has 3 aromatic heterocycles. The summed E-state index contributed by atoms with van der Waals surface area (Å²) in [5.74, 6) is 1.06. The first kappa shape index (κ1) is 35.2. The van der Waals surface area contributed by atoms with Gasteiger partial charge in [0.1, 0.15) is 18.2 Å². The van der Waals surface area contributed by atoms with E-state index in [1.807, 2.05) is 48.5 Å². The Morgan fingerprint density at radius 1 is 1.13 bits per heavy atom. The Bertz CT molecular complexity index is 2370. The van der Waals surface area contributed by atoms with Gasteiger partial charge in [-0.1, -0.05) is 43.7 Å². The molecular weight excluding hydrogens is 709 g/mol. The Hall–Kier alpha value is -4.88. The fourth-order valence-electron chi connectivity index (χ4n) is 7.04. The first-order valence-electron chi connectivity index (χ1n) is 18.0. The van der Waals surface area contributed by atoms with Gasteiger partial charge in [0.2, 0.25) is 5.88 Å².